The summed E-state index contributed by atoms with van der Waals surface area (Å²) in [6.07, 6.45) is -3.31. The van der Waals surface area contributed by atoms with E-state index in [0.717, 1.165) is 11.9 Å². The third-order valence-corrected chi connectivity index (χ3v) is 6.81. The van der Waals surface area contributed by atoms with Crippen molar-refractivity contribution in [2.45, 2.75) is 38.6 Å². The summed E-state index contributed by atoms with van der Waals surface area (Å²) in [5, 5.41) is 7.28. The number of carbonyl (C=O) groups is 2. The molecule has 38 heavy (non-hydrogen) atoms. The van der Waals surface area contributed by atoms with E-state index in [9.17, 15) is 22.8 Å². The number of carbonyl (C=O) groups excluding carboxylic acids is 2. The molecule has 14 heteroatoms. The Morgan fingerprint density at radius 2 is 1.95 bits per heavy atom. The number of nitrogens with one attached hydrogen (secondary N) is 1. The van der Waals surface area contributed by atoms with Crippen molar-refractivity contribution in [1.29, 1.82) is 0 Å². The fraction of sp³-hybridized carbons (Fsp3) is 0.458. The highest BCUT2D eigenvalue weighted by atomic mass is 35.5. The van der Waals surface area contributed by atoms with Crippen molar-refractivity contribution in [3.63, 3.8) is 0 Å². The maximum absolute atomic E-state index is 14.2. The molecule has 4 rings (SSSR count). The molecule has 1 fully saturated rings. The van der Waals surface area contributed by atoms with Gasteiger partial charge in [0.25, 0.3) is 5.78 Å². The maximum Gasteiger partial charge on any atom is 0.413 e. The first-order valence-corrected chi connectivity index (χ1v) is 12.2. The third-order valence-electron chi connectivity index (χ3n) is 6.65. The minimum atomic E-state index is -4.71. The van der Waals surface area contributed by atoms with Crippen LogP contribution in [0.1, 0.15) is 43.7 Å². The van der Waals surface area contributed by atoms with Crippen LogP contribution in [0.25, 0.3) is 5.78 Å². The van der Waals surface area contributed by atoms with E-state index >= 15 is 0 Å². The number of ether oxygens (including phenoxy) is 1. The molecule has 2 amide bonds. The molecule has 1 unspecified atom stereocenters. The quantitative estimate of drug-likeness (QED) is 0.468. The van der Waals surface area contributed by atoms with E-state index in [2.05, 4.69) is 20.4 Å². The second-order valence-electron chi connectivity index (χ2n) is 9.12. The topological polar surface area (TPSA) is 105 Å². The molecule has 0 saturated carbocycles. The summed E-state index contributed by atoms with van der Waals surface area (Å²) in [6, 6.07) is 3.46. The van der Waals surface area contributed by atoms with Crippen LogP contribution in [0.5, 0.6) is 0 Å². The molecule has 1 N–H and O–H groups in total. The Morgan fingerprint density at radius 1 is 1.26 bits per heavy atom. The van der Waals surface area contributed by atoms with Gasteiger partial charge in [0.05, 0.1) is 29.6 Å². The fourth-order valence-electron chi connectivity index (χ4n) is 4.63. The van der Waals surface area contributed by atoms with Gasteiger partial charge >= 0.3 is 6.18 Å². The fourth-order valence-corrected chi connectivity index (χ4v) is 4.78. The number of amides is 2. The number of fused-ring (bicyclic) bond motifs is 1. The lowest BCUT2D eigenvalue weighted by Gasteiger charge is -2.32. The van der Waals surface area contributed by atoms with E-state index in [1.165, 1.54) is 53.9 Å². The molecule has 1 aliphatic rings. The lowest BCUT2D eigenvalue weighted by Crippen LogP contribution is -2.43. The average Bonchev–Trinajstić information content (AvgIpc) is 3.50. The molecule has 0 radical (unpaired) electrons. The van der Waals surface area contributed by atoms with Crippen molar-refractivity contribution in [3.05, 3.63) is 47.0 Å². The number of aromatic nitrogens is 4. The third kappa shape index (κ3) is 5.53. The zero-order valence-electron chi connectivity index (χ0n) is 21.2. The van der Waals surface area contributed by atoms with Crippen molar-refractivity contribution in [1.82, 2.24) is 29.4 Å². The van der Waals surface area contributed by atoms with Crippen LogP contribution < -0.4 is 5.32 Å². The number of likely N-dealkylation sites (tertiary alicyclic amines) is 1. The van der Waals surface area contributed by atoms with Crippen LogP contribution in [0.4, 0.5) is 24.5 Å². The Bertz CT molecular complexity index is 1330. The Morgan fingerprint density at radius 3 is 2.53 bits per heavy atom. The summed E-state index contributed by atoms with van der Waals surface area (Å²) in [6.45, 7) is 3.63. The molecule has 0 aliphatic carbocycles. The molecule has 3 heterocycles. The predicted octanol–water partition coefficient (Wildman–Crippen LogP) is 4.16. The molecule has 0 bridgehead atoms. The largest absolute Gasteiger partial charge is 0.413 e. The molecular formula is C24H27ClF3N7O3. The van der Waals surface area contributed by atoms with E-state index in [1.807, 2.05) is 0 Å². The average molecular weight is 554 g/mol. The smallest absolute Gasteiger partial charge is 0.375 e. The lowest BCUT2D eigenvalue weighted by atomic mass is 10.0. The minimum absolute atomic E-state index is 0.00650. The number of anilines is 2. The standard InChI is InChI=1S/C24H27ClF3N7O3/c1-13(38-4)19-18(11-29-23-31-22(25)32-35(19)23)30-17-7-5-15(6-8-17)20(24(26,27)28)33(3)21(37)16-9-10-34(12-16)14(2)36/h5-8,11,13,16,20,30H,9-10,12H2,1-4H3/t13-,16?,20-/m0/s1. The number of nitrogens with zero attached hydrogens (tertiary/aromatic N) is 6. The van der Waals surface area contributed by atoms with Crippen LogP contribution in [-0.2, 0) is 14.3 Å². The van der Waals surface area contributed by atoms with E-state index in [4.69, 9.17) is 16.3 Å². The highest BCUT2D eigenvalue weighted by Crippen LogP contribution is 2.39. The molecule has 3 aromatic rings. The monoisotopic (exact) mass is 553 g/mol. The van der Waals surface area contributed by atoms with Gasteiger partial charge in [-0.1, -0.05) is 12.1 Å². The van der Waals surface area contributed by atoms with Crippen LogP contribution in [0, 0.1) is 5.92 Å². The lowest BCUT2D eigenvalue weighted by molar-refractivity contribution is -0.190. The Labute approximate surface area is 221 Å². The first-order valence-electron chi connectivity index (χ1n) is 11.8. The summed E-state index contributed by atoms with van der Waals surface area (Å²) in [7, 11) is 2.66. The number of rotatable bonds is 7. The summed E-state index contributed by atoms with van der Waals surface area (Å²) in [5.74, 6) is -1.27. The van der Waals surface area contributed by atoms with Gasteiger partial charge in [0, 0.05) is 39.9 Å². The molecule has 0 spiro atoms. The second-order valence-corrected chi connectivity index (χ2v) is 9.46. The van der Waals surface area contributed by atoms with Gasteiger partial charge in [-0.05, 0) is 42.6 Å². The van der Waals surface area contributed by atoms with E-state index in [1.54, 1.807) is 6.92 Å². The summed E-state index contributed by atoms with van der Waals surface area (Å²) in [4.78, 5) is 35.0. The molecule has 1 aromatic carbocycles. The van der Waals surface area contributed by atoms with E-state index in [-0.39, 0.29) is 29.1 Å². The first-order chi connectivity index (χ1) is 17.9. The van der Waals surface area contributed by atoms with Gasteiger partial charge in [0.1, 0.15) is 0 Å². The highest BCUT2D eigenvalue weighted by molar-refractivity contribution is 6.28. The summed E-state index contributed by atoms with van der Waals surface area (Å²) >= 11 is 5.93. The number of alkyl halides is 3. The van der Waals surface area contributed by atoms with E-state index in [0.29, 0.717) is 30.0 Å². The van der Waals surface area contributed by atoms with Crippen LogP contribution in [0.3, 0.4) is 0 Å². The molecule has 10 nitrogen and oxygen atoms in total. The van der Waals surface area contributed by atoms with Crippen LogP contribution in [0.2, 0.25) is 5.28 Å². The van der Waals surface area contributed by atoms with Crippen LogP contribution in [-0.4, -0.2) is 74.6 Å². The SMILES string of the molecule is CO[C@@H](C)c1c(Nc2ccc([C@H](N(C)C(=O)C3CCN(C(C)=O)C3)C(F)(F)F)cc2)cnc2nc(Cl)nn12. The van der Waals surface area contributed by atoms with Gasteiger partial charge in [-0.15, -0.1) is 5.10 Å². The normalized spacial score (nSPS) is 17.5. The van der Waals surface area contributed by atoms with Crippen molar-refractivity contribution >= 4 is 40.6 Å². The minimum Gasteiger partial charge on any atom is -0.375 e. The van der Waals surface area contributed by atoms with E-state index < -0.39 is 30.1 Å². The Balaban J connectivity index is 1.58. The van der Waals surface area contributed by atoms with Gasteiger partial charge in [0.15, 0.2) is 6.04 Å². The number of hydrogen-bond acceptors (Lipinski definition) is 7. The zero-order valence-corrected chi connectivity index (χ0v) is 21.9. The first kappa shape index (κ1) is 27.6. The Hall–Kier alpha value is -3.45. The van der Waals surface area contributed by atoms with Gasteiger partial charge < -0.3 is 19.9 Å². The number of methoxy groups -OCH3 is 1. The molecule has 1 saturated heterocycles. The van der Waals surface area contributed by atoms with Gasteiger partial charge in [-0.3, -0.25) is 9.59 Å². The van der Waals surface area contributed by atoms with Crippen molar-refractivity contribution < 1.29 is 27.5 Å². The number of benzene rings is 1. The van der Waals surface area contributed by atoms with Crippen molar-refractivity contribution in [3.8, 4) is 0 Å². The van der Waals surface area contributed by atoms with Gasteiger partial charge in [-0.25, -0.2) is 4.98 Å². The Kier molecular flexibility index (Phi) is 7.79. The molecule has 1 aliphatic heterocycles. The highest BCUT2D eigenvalue weighted by Gasteiger charge is 2.47. The van der Waals surface area contributed by atoms with Crippen molar-refractivity contribution in [2.75, 3.05) is 32.6 Å². The summed E-state index contributed by atoms with van der Waals surface area (Å²) < 4.78 is 49.4. The second kappa shape index (κ2) is 10.7. The van der Waals surface area contributed by atoms with Crippen LogP contribution in [0.15, 0.2) is 30.5 Å². The molecule has 3 atom stereocenters. The van der Waals surface area contributed by atoms with Crippen molar-refractivity contribution in [2.24, 2.45) is 5.92 Å². The molecular weight excluding hydrogens is 527 g/mol. The summed E-state index contributed by atoms with van der Waals surface area (Å²) in [5.41, 5.74) is 1.45. The van der Waals surface area contributed by atoms with Crippen LogP contribution >= 0.6 is 11.6 Å². The number of hydrogen-bond donors (Lipinski definition) is 1. The molecule has 2 aromatic heterocycles. The number of halogens is 4. The van der Waals surface area contributed by atoms with Gasteiger partial charge in [-0.2, -0.15) is 22.7 Å². The predicted molar refractivity (Wildman–Crippen MR) is 133 cm³/mol. The van der Waals surface area contributed by atoms with Gasteiger partial charge in [0.2, 0.25) is 17.1 Å². The molecule has 204 valence electrons. The maximum atomic E-state index is 14.2. The zero-order chi connectivity index (χ0) is 27.8.